The number of hydrogen-bond donors (Lipinski definition) is 0. The molecule has 0 radical (unpaired) electrons. The normalized spacial score (nSPS) is 19.0. The number of benzene rings is 1. The van der Waals surface area contributed by atoms with Gasteiger partial charge in [0.1, 0.15) is 9.88 Å². The van der Waals surface area contributed by atoms with E-state index in [1.807, 2.05) is 44.2 Å². The SMILES string of the molecule is CCCN(C(=O)c1sc(-c2ccccc2)nc1C)[C@H]1CCS(=O)(=O)C1. The first-order chi connectivity index (χ1) is 11.9. The van der Waals surface area contributed by atoms with E-state index in [9.17, 15) is 13.2 Å². The van der Waals surface area contributed by atoms with Gasteiger partial charge in [-0.05, 0) is 19.8 Å². The molecule has 7 heteroatoms. The van der Waals surface area contributed by atoms with Crippen molar-refractivity contribution in [2.24, 2.45) is 0 Å². The minimum Gasteiger partial charge on any atom is -0.334 e. The van der Waals surface area contributed by atoms with Crippen LogP contribution in [-0.2, 0) is 9.84 Å². The fourth-order valence-corrected chi connectivity index (χ4v) is 5.90. The zero-order chi connectivity index (χ0) is 18.0. The molecule has 0 spiro atoms. The van der Waals surface area contributed by atoms with E-state index >= 15 is 0 Å². The maximum absolute atomic E-state index is 13.1. The molecule has 25 heavy (non-hydrogen) atoms. The van der Waals surface area contributed by atoms with Gasteiger partial charge in [-0.2, -0.15) is 0 Å². The number of nitrogens with zero attached hydrogens (tertiary/aromatic N) is 2. The molecule has 0 N–H and O–H groups in total. The lowest BCUT2D eigenvalue weighted by Crippen LogP contribution is -2.41. The van der Waals surface area contributed by atoms with Crippen LogP contribution in [0, 0.1) is 6.92 Å². The van der Waals surface area contributed by atoms with Crippen molar-refractivity contribution >= 4 is 27.1 Å². The number of hydrogen-bond acceptors (Lipinski definition) is 5. The first-order valence-electron chi connectivity index (χ1n) is 8.45. The van der Waals surface area contributed by atoms with E-state index in [0.717, 1.165) is 17.0 Å². The maximum atomic E-state index is 13.1. The number of sulfone groups is 1. The van der Waals surface area contributed by atoms with Crippen molar-refractivity contribution in [2.45, 2.75) is 32.7 Å². The van der Waals surface area contributed by atoms with Gasteiger partial charge in [0, 0.05) is 18.2 Å². The van der Waals surface area contributed by atoms with E-state index in [0.29, 0.717) is 23.5 Å². The van der Waals surface area contributed by atoms with Crippen molar-refractivity contribution in [3.05, 3.63) is 40.9 Å². The molecule has 0 saturated carbocycles. The zero-order valence-electron chi connectivity index (χ0n) is 14.4. The van der Waals surface area contributed by atoms with Crippen LogP contribution in [-0.4, -0.2) is 48.3 Å². The van der Waals surface area contributed by atoms with Crippen LogP contribution < -0.4 is 0 Å². The van der Waals surface area contributed by atoms with Crippen LogP contribution in [0.2, 0.25) is 0 Å². The predicted molar refractivity (Wildman–Crippen MR) is 101 cm³/mol. The number of thiazole rings is 1. The van der Waals surface area contributed by atoms with Gasteiger partial charge in [-0.15, -0.1) is 11.3 Å². The number of amides is 1. The zero-order valence-corrected chi connectivity index (χ0v) is 16.1. The molecule has 3 rings (SSSR count). The predicted octanol–water partition coefficient (Wildman–Crippen LogP) is 3.16. The average molecular weight is 379 g/mol. The third kappa shape index (κ3) is 3.93. The quantitative estimate of drug-likeness (QED) is 0.801. The molecule has 1 atom stereocenters. The molecular weight excluding hydrogens is 356 g/mol. The fraction of sp³-hybridized carbons (Fsp3) is 0.444. The highest BCUT2D eigenvalue weighted by Crippen LogP contribution is 2.30. The Morgan fingerprint density at radius 3 is 2.64 bits per heavy atom. The van der Waals surface area contributed by atoms with E-state index in [1.165, 1.54) is 11.3 Å². The first kappa shape index (κ1) is 18.1. The van der Waals surface area contributed by atoms with Crippen LogP contribution in [0.3, 0.4) is 0 Å². The third-order valence-corrected chi connectivity index (χ3v) is 7.33. The molecule has 0 aliphatic carbocycles. The molecular formula is C18H22N2O3S2. The summed E-state index contributed by atoms with van der Waals surface area (Å²) in [4.78, 5) is 20.0. The topological polar surface area (TPSA) is 67.3 Å². The van der Waals surface area contributed by atoms with Crippen LogP contribution in [0.5, 0.6) is 0 Å². The number of aryl methyl sites for hydroxylation is 1. The molecule has 1 aromatic carbocycles. The lowest BCUT2D eigenvalue weighted by atomic mass is 10.2. The van der Waals surface area contributed by atoms with E-state index in [2.05, 4.69) is 4.98 Å². The Kier molecular flexibility index (Phi) is 5.24. The molecule has 1 aliphatic heterocycles. The van der Waals surface area contributed by atoms with E-state index < -0.39 is 9.84 Å². The monoisotopic (exact) mass is 378 g/mol. The summed E-state index contributed by atoms with van der Waals surface area (Å²) in [7, 11) is -3.03. The summed E-state index contributed by atoms with van der Waals surface area (Å²) in [5, 5.41) is 0.817. The molecule has 134 valence electrons. The van der Waals surface area contributed by atoms with Gasteiger partial charge in [0.25, 0.3) is 5.91 Å². The fourth-order valence-electron chi connectivity index (χ4n) is 3.14. The maximum Gasteiger partial charge on any atom is 0.266 e. The highest BCUT2D eigenvalue weighted by molar-refractivity contribution is 7.91. The molecule has 2 heterocycles. The van der Waals surface area contributed by atoms with Gasteiger partial charge in [-0.3, -0.25) is 4.79 Å². The van der Waals surface area contributed by atoms with Crippen LogP contribution >= 0.6 is 11.3 Å². The highest BCUT2D eigenvalue weighted by atomic mass is 32.2. The Hall–Kier alpha value is -1.73. The van der Waals surface area contributed by atoms with Gasteiger partial charge >= 0.3 is 0 Å². The highest BCUT2D eigenvalue weighted by Gasteiger charge is 2.35. The van der Waals surface area contributed by atoms with Crippen LogP contribution in [0.25, 0.3) is 10.6 Å². The summed E-state index contributed by atoms with van der Waals surface area (Å²) in [6.07, 6.45) is 1.32. The number of carbonyl (C=O) groups excluding carboxylic acids is 1. The molecule has 0 bridgehead atoms. The van der Waals surface area contributed by atoms with Crippen LogP contribution in [0.15, 0.2) is 30.3 Å². The Morgan fingerprint density at radius 2 is 2.04 bits per heavy atom. The first-order valence-corrected chi connectivity index (χ1v) is 11.1. The van der Waals surface area contributed by atoms with Gasteiger partial charge < -0.3 is 4.90 Å². The van der Waals surface area contributed by atoms with Crippen LogP contribution in [0.4, 0.5) is 0 Å². The second-order valence-corrected chi connectivity index (χ2v) is 9.58. The van der Waals surface area contributed by atoms with Crippen molar-refractivity contribution < 1.29 is 13.2 Å². The van der Waals surface area contributed by atoms with Gasteiger partial charge in [0.15, 0.2) is 9.84 Å². The van der Waals surface area contributed by atoms with E-state index in [-0.39, 0.29) is 23.5 Å². The molecule has 1 aliphatic rings. The van der Waals surface area contributed by atoms with Gasteiger partial charge in [0.05, 0.1) is 17.2 Å². The molecule has 1 amide bonds. The number of rotatable bonds is 5. The Balaban J connectivity index is 1.89. The Bertz CT molecular complexity index is 860. The summed E-state index contributed by atoms with van der Waals surface area (Å²) < 4.78 is 23.6. The second-order valence-electron chi connectivity index (χ2n) is 6.35. The molecule has 0 unspecified atom stereocenters. The standard InChI is InChI=1S/C18H22N2O3S2/c1-3-10-20(15-9-11-25(22,23)12-15)18(21)16-13(2)19-17(24-16)14-7-5-4-6-8-14/h4-8,15H,3,9-12H2,1-2H3/t15-/m0/s1. The summed E-state index contributed by atoms with van der Waals surface area (Å²) in [5.74, 6) is 0.144. The summed E-state index contributed by atoms with van der Waals surface area (Å²) in [6, 6.07) is 9.55. The third-order valence-electron chi connectivity index (χ3n) is 4.39. The van der Waals surface area contributed by atoms with E-state index in [1.54, 1.807) is 4.90 Å². The molecule has 1 fully saturated rings. The smallest absolute Gasteiger partial charge is 0.266 e. The number of carbonyl (C=O) groups is 1. The molecule has 2 aromatic rings. The Labute approximate surface area is 152 Å². The molecule has 5 nitrogen and oxygen atoms in total. The second kappa shape index (κ2) is 7.25. The van der Waals surface area contributed by atoms with Crippen molar-refractivity contribution in [1.29, 1.82) is 0 Å². The minimum atomic E-state index is -3.03. The number of aromatic nitrogens is 1. The molecule has 1 saturated heterocycles. The Morgan fingerprint density at radius 1 is 1.32 bits per heavy atom. The summed E-state index contributed by atoms with van der Waals surface area (Å²) in [5.41, 5.74) is 1.69. The minimum absolute atomic E-state index is 0.0716. The van der Waals surface area contributed by atoms with Gasteiger partial charge in [-0.25, -0.2) is 13.4 Å². The van der Waals surface area contributed by atoms with E-state index in [4.69, 9.17) is 0 Å². The lowest BCUT2D eigenvalue weighted by Gasteiger charge is -2.27. The lowest BCUT2D eigenvalue weighted by molar-refractivity contribution is 0.0701. The van der Waals surface area contributed by atoms with Crippen molar-refractivity contribution in [3.63, 3.8) is 0 Å². The largest absolute Gasteiger partial charge is 0.334 e. The van der Waals surface area contributed by atoms with Crippen LogP contribution in [0.1, 0.15) is 35.1 Å². The van der Waals surface area contributed by atoms with Crippen molar-refractivity contribution in [2.75, 3.05) is 18.1 Å². The molecule has 1 aromatic heterocycles. The van der Waals surface area contributed by atoms with Crippen molar-refractivity contribution in [3.8, 4) is 10.6 Å². The van der Waals surface area contributed by atoms with Gasteiger partial charge in [0.2, 0.25) is 0 Å². The summed E-state index contributed by atoms with van der Waals surface area (Å²) in [6.45, 7) is 4.40. The average Bonchev–Trinajstić information content (AvgIpc) is 3.15. The van der Waals surface area contributed by atoms with Gasteiger partial charge in [-0.1, -0.05) is 37.3 Å². The summed E-state index contributed by atoms with van der Waals surface area (Å²) >= 11 is 1.38. The van der Waals surface area contributed by atoms with Crippen molar-refractivity contribution in [1.82, 2.24) is 9.88 Å².